The van der Waals surface area contributed by atoms with Gasteiger partial charge in [-0.3, -0.25) is 4.79 Å². The number of H-pyrrole nitrogens is 1. The molecule has 9 unspecified atom stereocenters. The standard InChI is InChI=1S/C45H57N3O3/c1-27(2)30-18-23-45(40(51)46-26-37-47-33-10-8-9-11-34(33)48-37)25-24-43(6)32(38(30)45)16-17-36-42(5)21-19-31(28-12-14-29(15-13-28)39(49)50)41(3,4)35(42)20-22-44(36,43)7/h8-15,19,30,32,35-36,38H,1,16-18,20-26H2,2-7H3,(H,46,51)(H,47,48)(H,49,50). The van der Waals surface area contributed by atoms with Gasteiger partial charge in [0.05, 0.1) is 28.6 Å². The van der Waals surface area contributed by atoms with Gasteiger partial charge in [0.2, 0.25) is 5.91 Å². The summed E-state index contributed by atoms with van der Waals surface area (Å²) < 4.78 is 0. The highest BCUT2D eigenvalue weighted by atomic mass is 16.4. The Kier molecular flexibility index (Phi) is 7.87. The molecule has 4 saturated carbocycles. The second-order valence-corrected chi connectivity index (χ2v) is 18.7. The van der Waals surface area contributed by atoms with E-state index in [1.54, 1.807) is 12.1 Å². The summed E-state index contributed by atoms with van der Waals surface area (Å²) in [5.41, 5.74) is 6.20. The fraction of sp³-hybridized carbons (Fsp3) is 0.578. The van der Waals surface area contributed by atoms with Gasteiger partial charge in [-0.25, -0.2) is 9.78 Å². The maximum atomic E-state index is 14.6. The number of allylic oxidation sites excluding steroid dienone is 3. The van der Waals surface area contributed by atoms with Crippen molar-refractivity contribution >= 4 is 28.5 Å². The minimum absolute atomic E-state index is 0.0209. The van der Waals surface area contributed by atoms with Crippen LogP contribution in [0.25, 0.3) is 16.6 Å². The smallest absolute Gasteiger partial charge is 0.335 e. The Bertz CT molecular complexity index is 1910. The highest BCUT2D eigenvalue weighted by molar-refractivity contribution is 5.88. The van der Waals surface area contributed by atoms with E-state index >= 15 is 0 Å². The minimum atomic E-state index is -0.878. The molecule has 8 rings (SSSR count). The topological polar surface area (TPSA) is 95.1 Å². The van der Waals surface area contributed by atoms with Crippen molar-refractivity contribution in [2.45, 2.75) is 106 Å². The molecule has 1 amide bonds. The number of benzene rings is 2. The first-order chi connectivity index (χ1) is 24.2. The largest absolute Gasteiger partial charge is 0.478 e. The fourth-order valence-electron chi connectivity index (χ4n) is 13.9. The third-order valence-electron chi connectivity index (χ3n) is 16.4. The summed E-state index contributed by atoms with van der Waals surface area (Å²) in [5, 5.41) is 12.9. The van der Waals surface area contributed by atoms with E-state index in [0.29, 0.717) is 41.7 Å². The van der Waals surface area contributed by atoms with Crippen molar-refractivity contribution in [1.82, 2.24) is 15.3 Å². The van der Waals surface area contributed by atoms with Crippen LogP contribution < -0.4 is 5.32 Å². The first-order valence-corrected chi connectivity index (χ1v) is 19.6. The molecular formula is C45H57N3O3. The molecule has 6 heteroatoms. The van der Waals surface area contributed by atoms with Crippen LogP contribution in [0.5, 0.6) is 0 Å². The number of carboxylic acid groups (broad SMARTS) is 1. The molecule has 5 aliphatic carbocycles. The third-order valence-corrected chi connectivity index (χ3v) is 16.4. The molecule has 3 aromatic rings. The van der Waals surface area contributed by atoms with Gasteiger partial charge in [-0.1, -0.05) is 77.1 Å². The number of nitrogens with zero attached hydrogens (tertiary/aromatic N) is 1. The Morgan fingerprint density at radius 3 is 2.35 bits per heavy atom. The maximum absolute atomic E-state index is 14.6. The maximum Gasteiger partial charge on any atom is 0.335 e. The Morgan fingerprint density at radius 1 is 0.902 bits per heavy atom. The minimum Gasteiger partial charge on any atom is -0.478 e. The SMILES string of the molecule is C=C(C)C1CCC2(C(=O)NCc3nc4ccccc4[nH]3)CCC3(C)C(CCC4C5(C)CC=C(c6ccc(C(=O)O)cc6)C(C)(C)C5CCC43C)C12. The van der Waals surface area contributed by atoms with Crippen LogP contribution in [0, 0.1) is 56.7 Å². The van der Waals surface area contributed by atoms with E-state index in [4.69, 9.17) is 4.98 Å². The van der Waals surface area contributed by atoms with Gasteiger partial charge in [-0.15, -0.1) is 0 Å². The van der Waals surface area contributed by atoms with Gasteiger partial charge in [-0.05, 0) is 151 Å². The number of imidazole rings is 1. The number of para-hydroxylation sites is 2. The molecule has 5 aliphatic rings. The van der Waals surface area contributed by atoms with Crippen molar-refractivity contribution in [3.05, 3.63) is 83.7 Å². The number of fused-ring (bicyclic) bond motifs is 8. The lowest BCUT2D eigenvalue weighted by Crippen LogP contribution is -2.66. The number of aromatic nitrogens is 2. The van der Waals surface area contributed by atoms with Crippen molar-refractivity contribution in [2.75, 3.05) is 0 Å². The van der Waals surface area contributed by atoms with Gasteiger partial charge in [0.15, 0.2) is 0 Å². The normalized spacial score (nSPS) is 38.1. The zero-order valence-corrected chi connectivity index (χ0v) is 31.6. The zero-order valence-electron chi connectivity index (χ0n) is 31.6. The number of rotatable bonds is 6. The molecule has 0 radical (unpaired) electrons. The van der Waals surface area contributed by atoms with Crippen LogP contribution in [-0.2, 0) is 11.3 Å². The lowest BCUT2D eigenvalue weighted by molar-refractivity contribution is -0.225. The molecular weight excluding hydrogens is 631 g/mol. The van der Waals surface area contributed by atoms with Crippen LogP contribution in [0.3, 0.4) is 0 Å². The van der Waals surface area contributed by atoms with E-state index in [2.05, 4.69) is 64.5 Å². The monoisotopic (exact) mass is 687 g/mol. The van der Waals surface area contributed by atoms with Gasteiger partial charge < -0.3 is 15.4 Å². The number of carboxylic acids is 1. The average molecular weight is 688 g/mol. The molecule has 270 valence electrons. The lowest BCUT2D eigenvalue weighted by Gasteiger charge is -2.72. The van der Waals surface area contributed by atoms with Gasteiger partial charge in [-0.2, -0.15) is 0 Å². The van der Waals surface area contributed by atoms with Crippen LogP contribution in [0.1, 0.15) is 121 Å². The summed E-state index contributed by atoms with van der Waals surface area (Å²) in [6.45, 7) is 20.0. The molecule has 51 heavy (non-hydrogen) atoms. The molecule has 2 aromatic carbocycles. The Balaban J connectivity index is 1.09. The van der Waals surface area contributed by atoms with E-state index in [1.807, 2.05) is 36.4 Å². The predicted molar refractivity (Wildman–Crippen MR) is 204 cm³/mol. The van der Waals surface area contributed by atoms with Crippen LogP contribution in [0.15, 0.2) is 66.8 Å². The first-order valence-electron chi connectivity index (χ1n) is 19.6. The van der Waals surface area contributed by atoms with E-state index < -0.39 is 5.97 Å². The van der Waals surface area contributed by atoms with Crippen molar-refractivity contribution in [3.8, 4) is 0 Å². The molecule has 0 spiro atoms. The Morgan fingerprint density at radius 2 is 1.65 bits per heavy atom. The number of aromatic carboxylic acids is 1. The van der Waals surface area contributed by atoms with E-state index in [9.17, 15) is 14.7 Å². The van der Waals surface area contributed by atoms with Crippen molar-refractivity contribution < 1.29 is 14.7 Å². The summed E-state index contributed by atoms with van der Waals surface area (Å²) in [5.74, 6) is 2.50. The number of hydrogen-bond acceptors (Lipinski definition) is 3. The molecule has 6 nitrogen and oxygen atoms in total. The van der Waals surface area contributed by atoms with Crippen LogP contribution in [0.4, 0.5) is 0 Å². The first kappa shape index (κ1) is 34.4. The van der Waals surface area contributed by atoms with Crippen molar-refractivity contribution in [2.24, 2.45) is 56.7 Å². The highest BCUT2D eigenvalue weighted by Gasteiger charge is 2.71. The molecule has 3 N–H and O–H groups in total. The average Bonchev–Trinajstić information content (AvgIpc) is 3.70. The van der Waals surface area contributed by atoms with Gasteiger partial charge >= 0.3 is 5.97 Å². The quantitative estimate of drug-likeness (QED) is 0.225. The Hall–Kier alpha value is -3.67. The number of nitrogens with one attached hydrogen (secondary N) is 2. The van der Waals surface area contributed by atoms with Crippen molar-refractivity contribution in [3.63, 3.8) is 0 Å². The second kappa shape index (κ2) is 11.7. The van der Waals surface area contributed by atoms with Gasteiger partial charge in [0, 0.05) is 0 Å². The number of aromatic amines is 1. The van der Waals surface area contributed by atoms with Crippen LogP contribution in [-0.4, -0.2) is 27.0 Å². The second-order valence-electron chi connectivity index (χ2n) is 18.7. The predicted octanol–water partition coefficient (Wildman–Crippen LogP) is 10.2. The fourth-order valence-corrected chi connectivity index (χ4v) is 13.9. The summed E-state index contributed by atoms with van der Waals surface area (Å²) in [4.78, 5) is 34.3. The summed E-state index contributed by atoms with van der Waals surface area (Å²) in [6, 6.07) is 15.6. The molecule has 0 bridgehead atoms. The number of carbonyl (C=O) groups excluding carboxylic acids is 1. The molecule has 9 atom stereocenters. The van der Waals surface area contributed by atoms with E-state index in [1.165, 1.54) is 36.8 Å². The molecule has 0 saturated heterocycles. The van der Waals surface area contributed by atoms with Crippen LogP contribution in [0.2, 0.25) is 0 Å². The molecule has 1 aromatic heterocycles. The van der Waals surface area contributed by atoms with Crippen LogP contribution >= 0.6 is 0 Å². The number of hydrogen-bond donors (Lipinski definition) is 3. The van der Waals surface area contributed by atoms with Crippen molar-refractivity contribution in [1.29, 1.82) is 0 Å². The van der Waals surface area contributed by atoms with Gasteiger partial charge in [0.1, 0.15) is 5.82 Å². The summed E-state index contributed by atoms with van der Waals surface area (Å²) in [7, 11) is 0. The molecule has 4 fully saturated rings. The zero-order chi connectivity index (χ0) is 36.1. The third kappa shape index (κ3) is 4.83. The Labute approximate surface area is 304 Å². The number of carbonyl (C=O) groups is 2. The van der Waals surface area contributed by atoms with Gasteiger partial charge in [0.25, 0.3) is 0 Å². The summed E-state index contributed by atoms with van der Waals surface area (Å²) >= 11 is 0. The highest BCUT2D eigenvalue weighted by Crippen LogP contribution is 2.77. The van der Waals surface area contributed by atoms with E-state index in [-0.39, 0.29) is 33.0 Å². The van der Waals surface area contributed by atoms with E-state index in [0.717, 1.165) is 54.5 Å². The number of amides is 1. The molecule has 1 heterocycles. The lowest BCUT2D eigenvalue weighted by atomic mass is 9.32. The molecule has 0 aliphatic heterocycles. The summed E-state index contributed by atoms with van der Waals surface area (Å²) in [6.07, 6.45) is 12.4.